The number of hydrogen-bond donors (Lipinski definition) is 1. The van der Waals surface area contributed by atoms with Crippen LogP contribution in [0.5, 0.6) is 5.75 Å². The van der Waals surface area contributed by atoms with Crippen LogP contribution < -0.4 is 10.1 Å². The van der Waals surface area contributed by atoms with E-state index in [2.05, 4.69) is 29.0 Å². The summed E-state index contributed by atoms with van der Waals surface area (Å²) in [6.45, 7) is 8.49. The lowest BCUT2D eigenvalue weighted by molar-refractivity contribution is -0.119. The molecule has 0 spiro atoms. The van der Waals surface area contributed by atoms with E-state index in [1.54, 1.807) is 13.2 Å². The lowest BCUT2D eigenvalue weighted by atomic mass is 10.2. The van der Waals surface area contributed by atoms with Crippen molar-refractivity contribution < 1.29 is 9.53 Å². The molecule has 26 heavy (non-hydrogen) atoms. The van der Waals surface area contributed by atoms with Gasteiger partial charge in [-0.3, -0.25) is 9.36 Å². The molecule has 1 aromatic heterocycles. The fourth-order valence-electron chi connectivity index (χ4n) is 2.67. The van der Waals surface area contributed by atoms with Gasteiger partial charge in [-0.05, 0) is 25.5 Å². The Kier molecular flexibility index (Phi) is 7.72. The van der Waals surface area contributed by atoms with Crippen molar-refractivity contribution in [3.8, 4) is 17.1 Å². The molecule has 0 aliphatic carbocycles. The minimum atomic E-state index is 0.00273. The molecule has 7 heteroatoms. The van der Waals surface area contributed by atoms with Crippen molar-refractivity contribution in [2.45, 2.75) is 44.4 Å². The van der Waals surface area contributed by atoms with Gasteiger partial charge in [-0.25, -0.2) is 0 Å². The van der Waals surface area contributed by atoms with Crippen LogP contribution in [-0.4, -0.2) is 39.6 Å². The molecule has 0 aliphatic rings. The van der Waals surface area contributed by atoms with Crippen LogP contribution in [0.15, 0.2) is 42.1 Å². The van der Waals surface area contributed by atoms with Crippen LogP contribution in [0.3, 0.4) is 0 Å². The topological polar surface area (TPSA) is 69.0 Å². The number of para-hydroxylation sites is 1. The quantitative estimate of drug-likeness (QED) is 0.509. The van der Waals surface area contributed by atoms with Gasteiger partial charge in [-0.15, -0.1) is 16.8 Å². The third-order valence-electron chi connectivity index (χ3n) is 3.84. The second kappa shape index (κ2) is 10.0. The summed E-state index contributed by atoms with van der Waals surface area (Å²) in [5.74, 6) is 1.73. The van der Waals surface area contributed by atoms with Crippen LogP contribution in [0, 0.1) is 0 Å². The van der Waals surface area contributed by atoms with Gasteiger partial charge in [0.1, 0.15) is 5.75 Å². The summed E-state index contributed by atoms with van der Waals surface area (Å²) >= 11 is 1.37. The summed E-state index contributed by atoms with van der Waals surface area (Å²) < 4.78 is 7.37. The number of allylic oxidation sites excluding steroid dienone is 1. The third-order valence-corrected chi connectivity index (χ3v) is 4.80. The van der Waals surface area contributed by atoms with E-state index < -0.39 is 0 Å². The molecule has 140 valence electrons. The first-order chi connectivity index (χ1) is 12.6. The average molecular weight is 375 g/mol. The van der Waals surface area contributed by atoms with Crippen molar-refractivity contribution in [1.29, 1.82) is 0 Å². The zero-order chi connectivity index (χ0) is 18.9. The van der Waals surface area contributed by atoms with E-state index in [1.165, 1.54) is 11.8 Å². The van der Waals surface area contributed by atoms with Gasteiger partial charge < -0.3 is 10.1 Å². The van der Waals surface area contributed by atoms with E-state index in [4.69, 9.17) is 4.74 Å². The van der Waals surface area contributed by atoms with E-state index in [0.29, 0.717) is 23.3 Å². The van der Waals surface area contributed by atoms with Gasteiger partial charge in [-0.1, -0.05) is 43.3 Å². The molecule has 1 heterocycles. The molecule has 1 aromatic carbocycles. The molecule has 1 atom stereocenters. The van der Waals surface area contributed by atoms with Crippen molar-refractivity contribution in [3.63, 3.8) is 0 Å². The van der Waals surface area contributed by atoms with Gasteiger partial charge in [0.05, 0.1) is 18.4 Å². The Morgan fingerprint density at radius 1 is 1.42 bits per heavy atom. The van der Waals surface area contributed by atoms with Crippen LogP contribution in [-0.2, 0) is 11.3 Å². The lowest BCUT2D eigenvalue weighted by Gasteiger charge is -2.13. The Morgan fingerprint density at radius 2 is 2.19 bits per heavy atom. The SMILES string of the molecule is C=CCn1c(SCC(=O)N[C@H](C)CCC)nnc1-c1ccccc1OC. The van der Waals surface area contributed by atoms with Crippen molar-refractivity contribution in [2.75, 3.05) is 12.9 Å². The van der Waals surface area contributed by atoms with Crippen molar-refractivity contribution >= 4 is 17.7 Å². The summed E-state index contributed by atoms with van der Waals surface area (Å²) in [4.78, 5) is 12.1. The summed E-state index contributed by atoms with van der Waals surface area (Å²) in [6.07, 6.45) is 3.81. The van der Waals surface area contributed by atoms with Crippen LogP contribution in [0.1, 0.15) is 26.7 Å². The number of rotatable bonds is 10. The highest BCUT2D eigenvalue weighted by Gasteiger charge is 2.17. The molecular weight excluding hydrogens is 348 g/mol. The number of carbonyl (C=O) groups is 1. The summed E-state index contributed by atoms with van der Waals surface area (Å²) in [7, 11) is 1.63. The second-order valence-corrected chi connectivity index (χ2v) is 6.89. The molecule has 2 aromatic rings. The van der Waals surface area contributed by atoms with Gasteiger partial charge in [0.15, 0.2) is 11.0 Å². The molecular formula is C19H26N4O2S. The molecule has 6 nitrogen and oxygen atoms in total. The highest BCUT2D eigenvalue weighted by molar-refractivity contribution is 7.99. The Morgan fingerprint density at radius 3 is 2.88 bits per heavy atom. The maximum absolute atomic E-state index is 12.1. The molecule has 0 saturated heterocycles. The molecule has 0 unspecified atom stereocenters. The standard InChI is InChI=1S/C19H26N4O2S/c1-5-9-14(3)20-17(24)13-26-19-22-21-18(23(19)12-6-2)15-10-7-8-11-16(15)25-4/h6-8,10-11,14H,2,5,9,12-13H2,1,3-4H3,(H,20,24)/t14-/m1/s1. The van der Waals surface area contributed by atoms with Gasteiger partial charge >= 0.3 is 0 Å². The second-order valence-electron chi connectivity index (χ2n) is 5.95. The monoisotopic (exact) mass is 374 g/mol. The Bertz CT molecular complexity index is 745. The highest BCUT2D eigenvalue weighted by atomic mass is 32.2. The van der Waals surface area contributed by atoms with Crippen molar-refractivity contribution in [1.82, 2.24) is 20.1 Å². The van der Waals surface area contributed by atoms with Crippen LogP contribution >= 0.6 is 11.8 Å². The molecule has 0 fully saturated rings. The maximum Gasteiger partial charge on any atom is 0.230 e. The number of ether oxygens (including phenoxy) is 1. The zero-order valence-electron chi connectivity index (χ0n) is 15.6. The Balaban J connectivity index is 2.16. The molecule has 2 rings (SSSR count). The fraction of sp³-hybridized carbons (Fsp3) is 0.421. The van der Waals surface area contributed by atoms with Crippen molar-refractivity contribution in [3.05, 3.63) is 36.9 Å². The molecule has 0 radical (unpaired) electrons. The van der Waals surface area contributed by atoms with Gasteiger partial charge in [0.25, 0.3) is 0 Å². The van der Waals surface area contributed by atoms with Gasteiger partial charge in [-0.2, -0.15) is 0 Å². The van der Waals surface area contributed by atoms with E-state index >= 15 is 0 Å². The molecule has 0 saturated carbocycles. The summed E-state index contributed by atoms with van der Waals surface area (Å²) in [5.41, 5.74) is 0.859. The van der Waals surface area contributed by atoms with E-state index in [-0.39, 0.29) is 11.9 Å². The van der Waals surface area contributed by atoms with Gasteiger partial charge in [0.2, 0.25) is 5.91 Å². The highest BCUT2D eigenvalue weighted by Crippen LogP contribution is 2.30. The molecule has 1 amide bonds. The molecule has 0 aliphatic heterocycles. The van der Waals surface area contributed by atoms with Crippen LogP contribution in [0.25, 0.3) is 11.4 Å². The number of amides is 1. The number of nitrogens with one attached hydrogen (secondary N) is 1. The zero-order valence-corrected chi connectivity index (χ0v) is 16.4. The number of nitrogens with zero attached hydrogens (tertiary/aromatic N) is 3. The number of benzene rings is 1. The Hall–Kier alpha value is -2.28. The first kappa shape index (κ1) is 20.0. The molecule has 0 bridgehead atoms. The predicted octanol–water partition coefficient (Wildman–Crippen LogP) is 3.54. The fourth-order valence-corrected chi connectivity index (χ4v) is 3.43. The summed E-state index contributed by atoms with van der Waals surface area (Å²) in [5, 5.41) is 12.3. The average Bonchev–Trinajstić information content (AvgIpc) is 3.03. The number of carbonyl (C=O) groups excluding carboxylic acids is 1. The van der Waals surface area contributed by atoms with E-state index in [0.717, 1.165) is 24.2 Å². The first-order valence-corrected chi connectivity index (χ1v) is 9.68. The maximum atomic E-state index is 12.1. The van der Waals surface area contributed by atoms with Crippen molar-refractivity contribution in [2.24, 2.45) is 0 Å². The predicted molar refractivity (Wildman–Crippen MR) is 105 cm³/mol. The smallest absolute Gasteiger partial charge is 0.230 e. The first-order valence-electron chi connectivity index (χ1n) is 8.70. The minimum absolute atomic E-state index is 0.00273. The van der Waals surface area contributed by atoms with Crippen LogP contribution in [0.2, 0.25) is 0 Å². The third kappa shape index (κ3) is 5.11. The number of thioether (sulfide) groups is 1. The lowest BCUT2D eigenvalue weighted by Crippen LogP contribution is -2.33. The van der Waals surface area contributed by atoms with E-state index in [9.17, 15) is 4.79 Å². The normalized spacial score (nSPS) is 11.8. The number of aromatic nitrogens is 3. The summed E-state index contributed by atoms with van der Waals surface area (Å²) in [6, 6.07) is 7.85. The minimum Gasteiger partial charge on any atom is -0.496 e. The number of hydrogen-bond acceptors (Lipinski definition) is 5. The molecule has 1 N–H and O–H groups in total. The number of methoxy groups -OCH3 is 1. The van der Waals surface area contributed by atoms with Crippen LogP contribution in [0.4, 0.5) is 0 Å². The largest absolute Gasteiger partial charge is 0.496 e. The van der Waals surface area contributed by atoms with E-state index in [1.807, 2.05) is 35.8 Å². The Labute approximate surface area is 159 Å². The van der Waals surface area contributed by atoms with Gasteiger partial charge in [0, 0.05) is 12.6 Å².